The molecule has 132 valence electrons. The van der Waals surface area contributed by atoms with Gasteiger partial charge in [0.15, 0.2) is 0 Å². The summed E-state index contributed by atoms with van der Waals surface area (Å²) in [5, 5.41) is 3.44. The van der Waals surface area contributed by atoms with E-state index in [0.29, 0.717) is 31.0 Å². The number of sulfonamides is 1. The highest BCUT2D eigenvalue weighted by Crippen LogP contribution is 2.24. The SMILES string of the molecule is O=C1C[C@H](c2ccc(S(=O)(=O)NCCc3ccc(Cl)cc3)cc2)CN1. The van der Waals surface area contributed by atoms with Gasteiger partial charge in [-0.1, -0.05) is 35.9 Å². The van der Waals surface area contributed by atoms with Crippen LogP contribution >= 0.6 is 11.6 Å². The molecular weight excluding hydrogens is 360 g/mol. The highest BCUT2D eigenvalue weighted by atomic mass is 35.5. The number of nitrogens with one attached hydrogen (secondary N) is 2. The van der Waals surface area contributed by atoms with Crippen LogP contribution in [0.4, 0.5) is 0 Å². The summed E-state index contributed by atoms with van der Waals surface area (Å²) in [6, 6.07) is 14.0. The van der Waals surface area contributed by atoms with Crippen LogP contribution in [0.2, 0.25) is 5.02 Å². The maximum atomic E-state index is 12.4. The lowest BCUT2D eigenvalue weighted by molar-refractivity contribution is -0.119. The molecule has 2 N–H and O–H groups in total. The Morgan fingerprint density at radius 2 is 1.76 bits per heavy atom. The summed E-state index contributed by atoms with van der Waals surface area (Å²) in [5.74, 6) is 0.146. The molecule has 0 unspecified atom stereocenters. The van der Waals surface area contributed by atoms with Crippen LogP contribution in [0, 0.1) is 0 Å². The predicted octanol–water partition coefficient (Wildman–Crippen LogP) is 2.46. The quantitative estimate of drug-likeness (QED) is 0.810. The van der Waals surface area contributed by atoms with Crippen molar-refractivity contribution in [2.75, 3.05) is 13.1 Å². The van der Waals surface area contributed by atoms with Crippen LogP contribution in [0.3, 0.4) is 0 Å². The van der Waals surface area contributed by atoms with Crippen LogP contribution in [0.1, 0.15) is 23.5 Å². The zero-order valence-electron chi connectivity index (χ0n) is 13.5. The second-order valence-corrected chi connectivity index (χ2v) is 8.25. The summed E-state index contributed by atoms with van der Waals surface area (Å²) in [7, 11) is -3.55. The number of rotatable bonds is 6. The minimum absolute atomic E-state index is 0.0329. The molecule has 0 aliphatic carbocycles. The Kier molecular flexibility index (Phi) is 5.42. The van der Waals surface area contributed by atoms with Crippen LogP contribution in [-0.4, -0.2) is 27.4 Å². The fraction of sp³-hybridized carbons (Fsp3) is 0.278. The van der Waals surface area contributed by atoms with E-state index in [2.05, 4.69) is 10.0 Å². The highest BCUT2D eigenvalue weighted by Gasteiger charge is 2.23. The van der Waals surface area contributed by atoms with Gasteiger partial charge < -0.3 is 5.32 Å². The Labute approximate surface area is 152 Å². The van der Waals surface area contributed by atoms with E-state index >= 15 is 0 Å². The first kappa shape index (κ1) is 17.9. The van der Waals surface area contributed by atoms with Crippen molar-refractivity contribution in [3.05, 3.63) is 64.7 Å². The first-order chi connectivity index (χ1) is 11.9. The lowest BCUT2D eigenvalue weighted by Crippen LogP contribution is -2.26. The Morgan fingerprint density at radius 3 is 2.36 bits per heavy atom. The lowest BCUT2D eigenvalue weighted by Gasteiger charge is -2.10. The van der Waals surface area contributed by atoms with Gasteiger partial charge in [0, 0.05) is 30.5 Å². The van der Waals surface area contributed by atoms with Gasteiger partial charge in [-0.25, -0.2) is 13.1 Å². The summed E-state index contributed by atoms with van der Waals surface area (Å²) < 4.78 is 27.3. The molecule has 1 aliphatic rings. The van der Waals surface area contributed by atoms with Gasteiger partial charge in [-0.05, 0) is 41.8 Å². The van der Waals surface area contributed by atoms with Crippen molar-refractivity contribution in [3.8, 4) is 0 Å². The van der Waals surface area contributed by atoms with E-state index in [0.717, 1.165) is 11.1 Å². The third-order valence-corrected chi connectivity index (χ3v) is 5.99. The fourth-order valence-electron chi connectivity index (χ4n) is 2.82. The molecule has 0 saturated carbocycles. The summed E-state index contributed by atoms with van der Waals surface area (Å²) in [6.45, 7) is 0.914. The number of carbonyl (C=O) groups is 1. The predicted molar refractivity (Wildman–Crippen MR) is 97.2 cm³/mol. The number of hydrogen-bond donors (Lipinski definition) is 2. The Hall–Kier alpha value is -1.89. The molecule has 3 rings (SSSR count). The molecule has 1 saturated heterocycles. The summed E-state index contributed by atoms with van der Waals surface area (Å²) in [5.41, 5.74) is 1.99. The summed E-state index contributed by atoms with van der Waals surface area (Å²) in [4.78, 5) is 11.5. The largest absolute Gasteiger partial charge is 0.355 e. The fourth-order valence-corrected chi connectivity index (χ4v) is 3.98. The van der Waals surface area contributed by atoms with Crippen molar-refractivity contribution in [2.45, 2.75) is 23.7 Å². The smallest absolute Gasteiger partial charge is 0.240 e. The summed E-state index contributed by atoms with van der Waals surface area (Å²) >= 11 is 5.83. The van der Waals surface area contributed by atoms with Gasteiger partial charge in [0.2, 0.25) is 15.9 Å². The molecule has 0 bridgehead atoms. The molecule has 25 heavy (non-hydrogen) atoms. The third-order valence-electron chi connectivity index (χ3n) is 4.26. The molecule has 1 aliphatic heterocycles. The number of hydrogen-bond acceptors (Lipinski definition) is 3. The van der Waals surface area contributed by atoms with Crippen molar-refractivity contribution < 1.29 is 13.2 Å². The molecule has 0 spiro atoms. The molecule has 0 aromatic heterocycles. The molecule has 5 nitrogen and oxygen atoms in total. The molecule has 2 aromatic rings. The van der Waals surface area contributed by atoms with Gasteiger partial charge in [0.1, 0.15) is 0 Å². The standard InChI is InChI=1S/C18H19ClN2O3S/c19-16-5-1-13(2-6-16)9-10-21-25(23,24)17-7-3-14(4-8-17)15-11-18(22)20-12-15/h1-8,15,21H,9-12H2,(H,20,22)/t15-/m0/s1. The van der Waals surface area contributed by atoms with Crippen molar-refractivity contribution in [2.24, 2.45) is 0 Å². The van der Waals surface area contributed by atoms with Gasteiger partial charge in [-0.2, -0.15) is 0 Å². The zero-order valence-corrected chi connectivity index (χ0v) is 15.1. The highest BCUT2D eigenvalue weighted by molar-refractivity contribution is 7.89. The van der Waals surface area contributed by atoms with E-state index in [1.54, 1.807) is 36.4 Å². The Bertz CT molecular complexity index is 849. The second kappa shape index (κ2) is 7.56. The van der Waals surface area contributed by atoms with E-state index < -0.39 is 10.0 Å². The topological polar surface area (TPSA) is 75.3 Å². The van der Waals surface area contributed by atoms with E-state index in [1.165, 1.54) is 0 Å². The monoisotopic (exact) mass is 378 g/mol. The Morgan fingerprint density at radius 1 is 1.08 bits per heavy atom. The normalized spacial score (nSPS) is 17.5. The van der Waals surface area contributed by atoms with Crippen LogP contribution in [0.5, 0.6) is 0 Å². The first-order valence-electron chi connectivity index (χ1n) is 8.05. The molecule has 1 atom stereocenters. The van der Waals surface area contributed by atoms with Crippen LogP contribution < -0.4 is 10.0 Å². The first-order valence-corrected chi connectivity index (χ1v) is 9.91. The van der Waals surface area contributed by atoms with Crippen molar-refractivity contribution in [1.82, 2.24) is 10.0 Å². The van der Waals surface area contributed by atoms with Crippen molar-refractivity contribution >= 4 is 27.5 Å². The van der Waals surface area contributed by atoms with E-state index in [-0.39, 0.29) is 16.7 Å². The number of carbonyl (C=O) groups excluding carboxylic acids is 1. The van der Waals surface area contributed by atoms with Gasteiger partial charge in [0.25, 0.3) is 0 Å². The third kappa shape index (κ3) is 4.60. The second-order valence-electron chi connectivity index (χ2n) is 6.05. The average molecular weight is 379 g/mol. The Balaban J connectivity index is 1.59. The molecular formula is C18H19ClN2O3S. The van der Waals surface area contributed by atoms with Gasteiger partial charge in [0.05, 0.1) is 4.90 Å². The van der Waals surface area contributed by atoms with Crippen molar-refractivity contribution in [1.29, 1.82) is 0 Å². The van der Waals surface area contributed by atoms with E-state index in [9.17, 15) is 13.2 Å². The average Bonchev–Trinajstić information content (AvgIpc) is 3.03. The molecule has 1 heterocycles. The molecule has 1 fully saturated rings. The van der Waals surface area contributed by atoms with Crippen LogP contribution in [0.25, 0.3) is 0 Å². The van der Waals surface area contributed by atoms with E-state index in [1.807, 2.05) is 12.1 Å². The number of halogens is 1. The van der Waals surface area contributed by atoms with Crippen LogP contribution in [0.15, 0.2) is 53.4 Å². The molecule has 7 heteroatoms. The van der Waals surface area contributed by atoms with Gasteiger partial charge in [-0.15, -0.1) is 0 Å². The minimum atomic E-state index is -3.55. The molecule has 0 radical (unpaired) electrons. The lowest BCUT2D eigenvalue weighted by atomic mass is 9.99. The number of benzene rings is 2. The van der Waals surface area contributed by atoms with Gasteiger partial charge in [-0.3, -0.25) is 4.79 Å². The zero-order chi connectivity index (χ0) is 17.9. The number of amides is 1. The summed E-state index contributed by atoms with van der Waals surface area (Å²) in [6.07, 6.45) is 1.04. The molecule has 2 aromatic carbocycles. The minimum Gasteiger partial charge on any atom is -0.355 e. The van der Waals surface area contributed by atoms with E-state index in [4.69, 9.17) is 11.6 Å². The van der Waals surface area contributed by atoms with Gasteiger partial charge >= 0.3 is 0 Å². The van der Waals surface area contributed by atoms with Crippen molar-refractivity contribution in [3.63, 3.8) is 0 Å². The molecule has 1 amide bonds. The maximum Gasteiger partial charge on any atom is 0.240 e. The maximum absolute atomic E-state index is 12.4. The van der Waals surface area contributed by atoms with Crippen LogP contribution in [-0.2, 0) is 21.2 Å².